The van der Waals surface area contributed by atoms with Crippen LogP contribution in [-0.4, -0.2) is 41.9 Å². The van der Waals surface area contributed by atoms with Crippen molar-refractivity contribution in [1.82, 2.24) is 0 Å². The van der Waals surface area contributed by atoms with E-state index in [0.717, 1.165) is 29.8 Å². The molecule has 0 amide bonds. The smallest absolute Gasteiger partial charge is 0.285 e. The lowest BCUT2D eigenvalue weighted by Gasteiger charge is -2.33. The van der Waals surface area contributed by atoms with Gasteiger partial charge in [-0.05, 0) is 35.9 Å². The van der Waals surface area contributed by atoms with Gasteiger partial charge < -0.3 is 35.9 Å². The number of anilines is 1. The van der Waals surface area contributed by atoms with Gasteiger partial charge in [-0.2, -0.15) is 8.42 Å². The average molecular weight is 434 g/mol. The summed E-state index contributed by atoms with van der Waals surface area (Å²) in [4.78, 5) is 1.24. The minimum Gasteiger partial charge on any atom is -0.492 e. The summed E-state index contributed by atoms with van der Waals surface area (Å²) in [7, 11) is -0.233. The summed E-state index contributed by atoms with van der Waals surface area (Å²) in [6.45, 7) is 1.07. The normalized spacial score (nSPS) is 19.7. The van der Waals surface area contributed by atoms with Crippen LogP contribution >= 0.6 is 0 Å². The van der Waals surface area contributed by atoms with Crippen molar-refractivity contribution in [2.24, 2.45) is 15.9 Å². The van der Waals surface area contributed by atoms with E-state index in [9.17, 15) is 8.42 Å². The molecular weight excluding hydrogens is 410 g/mol. The molecule has 2 aliphatic heterocycles. The van der Waals surface area contributed by atoms with E-state index in [1.807, 2.05) is 6.07 Å². The lowest BCUT2D eigenvalue weighted by Crippen LogP contribution is -3.11. The Morgan fingerprint density at radius 1 is 1.27 bits per heavy atom. The van der Waals surface area contributed by atoms with Gasteiger partial charge >= 0.3 is 0 Å². The number of nitrogens with two attached hydrogens (primary N) is 2. The summed E-state index contributed by atoms with van der Waals surface area (Å²) >= 11 is 0. The summed E-state index contributed by atoms with van der Waals surface area (Å²) in [6, 6.07) is 8.28. The van der Waals surface area contributed by atoms with E-state index < -0.39 is 16.0 Å². The Morgan fingerprint density at radius 2 is 2.00 bits per heavy atom. The SMILES string of the molecule is COc1c2c(cc3c1[C@@H](Nc1ccc(S(=O)(=O)N=C(N)N)cc1)[NH+](C)CC3)OCO2. The number of likely N-dealkylation sites (N-methyl/N-ethyl adjacent to an activating group) is 1. The molecule has 4 rings (SSSR count). The van der Waals surface area contributed by atoms with Crippen molar-refractivity contribution in [3.63, 3.8) is 0 Å². The summed E-state index contributed by atoms with van der Waals surface area (Å²) in [5.41, 5.74) is 13.3. The van der Waals surface area contributed by atoms with Gasteiger partial charge in [-0.15, -0.1) is 4.40 Å². The number of ether oxygens (including phenoxy) is 3. The molecule has 0 aromatic heterocycles. The number of methoxy groups -OCH3 is 1. The predicted molar refractivity (Wildman–Crippen MR) is 110 cm³/mol. The highest BCUT2D eigenvalue weighted by atomic mass is 32.2. The van der Waals surface area contributed by atoms with E-state index in [2.05, 4.69) is 16.8 Å². The number of nitrogens with one attached hydrogen (secondary N) is 2. The van der Waals surface area contributed by atoms with Crippen LogP contribution in [0.5, 0.6) is 17.2 Å². The van der Waals surface area contributed by atoms with E-state index in [1.165, 1.54) is 17.0 Å². The molecule has 0 saturated heterocycles. The zero-order valence-corrected chi connectivity index (χ0v) is 17.5. The fourth-order valence-corrected chi connectivity index (χ4v) is 4.67. The largest absolute Gasteiger partial charge is 0.492 e. The van der Waals surface area contributed by atoms with Crippen LogP contribution in [0, 0.1) is 0 Å². The van der Waals surface area contributed by atoms with Crippen LogP contribution in [0.1, 0.15) is 17.3 Å². The molecule has 2 heterocycles. The first-order chi connectivity index (χ1) is 14.3. The standard InChI is InChI=1S/C19H23N5O5S/c1-24-8-7-11-9-14-16(29-10-28-14)17(27-2)15(11)18(24)22-12-3-5-13(6-4-12)30(25,26)23-19(20)21/h3-6,9,18,22H,7-8,10H2,1-2H3,(H4,20,21,23)/p+1/t18-/m0/s1. The molecule has 2 aromatic rings. The third-order valence-corrected chi connectivity index (χ3v) is 6.53. The average Bonchev–Trinajstić information content (AvgIpc) is 3.16. The Labute approximate surface area is 174 Å². The van der Waals surface area contributed by atoms with Crippen molar-refractivity contribution in [2.75, 3.05) is 32.8 Å². The van der Waals surface area contributed by atoms with Crippen LogP contribution in [0.3, 0.4) is 0 Å². The van der Waals surface area contributed by atoms with Crippen molar-refractivity contribution in [2.45, 2.75) is 17.5 Å². The highest BCUT2D eigenvalue weighted by Crippen LogP contribution is 2.47. The van der Waals surface area contributed by atoms with Crippen LogP contribution in [0.25, 0.3) is 0 Å². The van der Waals surface area contributed by atoms with Crippen LogP contribution in [0.15, 0.2) is 39.6 Å². The molecule has 0 bridgehead atoms. The fourth-order valence-electron chi connectivity index (χ4n) is 3.80. The molecule has 10 nitrogen and oxygen atoms in total. The lowest BCUT2D eigenvalue weighted by atomic mass is 9.94. The van der Waals surface area contributed by atoms with Crippen molar-refractivity contribution < 1.29 is 27.5 Å². The molecular formula is C19H24N5O5S+. The van der Waals surface area contributed by atoms with E-state index in [0.29, 0.717) is 17.2 Å². The third kappa shape index (κ3) is 3.57. The number of sulfonamides is 1. The zero-order chi connectivity index (χ0) is 21.5. The van der Waals surface area contributed by atoms with Gasteiger partial charge in [-0.25, -0.2) is 0 Å². The third-order valence-electron chi connectivity index (χ3n) is 5.21. The first-order valence-electron chi connectivity index (χ1n) is 9.34. The van der Waals surface area contributed by atoms with Gasteiger partial charge in [0.1, 0.15) is 0 Å². The minimum atomic E-state index is -3.93. The van der Waals surface area contributed by atoms with Crippen molar-refractivity contribution in [3.05, 3.63) is 41.5 Å². The summed E-state index contributed by atoms with van der Waals surface area (Å²) < 4.78 is 44.4. The maximum absolute atomic E-state index is 12.1. The Kier molecular flexibility index (Phi) is 5.08. The maximum atomic E-state index is 12.1. The first-order valence-corrected chi connectivity index (χ1v) is 10.8. The molecule has 2 aromatic carbocycles. The Bertz CT molecular complexity index is 1100. The number of hydrogen-bond donors (Lipinski definition) is 4. The molecule has 6 N–H and O–H groups in total. The Balaban J connectivity index is 1.67. The topological polar surface area (TPSA) is 143 Å². The molecule has 0 saturated carbocycles. The number of guanidine groups is 1. The van der Waals surface area contributed by atoms with Crippen LogP contribution in [0.2, 0.25) is 0 Å². The number of quaternary nitrogens is 1. The van der Waals surface area contributed by atoms with Crippen LogP contribution < -0.4 is 35.9 Å². The zero-order valence-electron chi connectivity index (χ0n) is 16.6. The molecule has 0 radical (unpaired) electrons. The monoisotopic (exact) mass is 434 g/mol. The second kappa shape index (κ2) is 7.58. The number of fused-ring (bicyclic) bond motifs is 2. The molecule has 160 valence electrons. The summed E-state index contributed by atoms with van der Waals surface area (Å²) in [5.74, 6) is 1.45. The summed E-state index contributed by atoms with van der Waals surface area (Å²) in [6.07, 6.45) is 0.751. The number of hydrogen-bond acceptors (Lipinski definition) is 6. The van der Waals surface area contributed by atoms with Crippen LogP contribution in [0.4, 0.5) is 5.69 Å². The van der Waals surface area contributed by atoms with Crippen molar-refractivity contribution >= 4 is 21.7 Å². The van der Waals surface area contributed by atoms with E-state index in [4.69, 9.17) is 25.7 Å². The van der Waals surface area contributed by atoms with Gasteiger partial charge in [-0.3, -0.25) is 0 Å². The second-order valence-corrected chi connectivity index (χ2v) is 8.76. The molecule has 0 spiro atoms. The molecule has 0 fully saturated rings. The van der Waals surface area contributed by atoms with Gasteiger partial charge in [0.15, 0.2) is 17.7 Å². The number of benzene rings is 2. The number of rotatable bonds is 5. The van der Waals surface area contributed by atoms with Gasteiger partial charge in [-0.1, -0.05) is 0 Å². The van der Waals surface area contributed by atoms with Gasteiger partial charge in [0.05, 0.1) is 31.2 Å². The molecule has 1 unspecified atom stereocenters. The van der Waals surface area contributed by atoms with Gasteiger partial charge in [0.25, 0.3) is 10.0 Å². The Morgan fingerprint density at radius 3 is 2.67 bits per heavy atom. The lowest BCUT2D eigenvalue weighted by molar-refractivity contribution is -0.910. The van der Waals surface area contributed by atoms with Crippen LogP contribution in [-0.2, 0) is 16.4 Å². The van der Waals surface area contributed by atoms with Crippen molar-refractivity contribution in [3.8, 4) is 17.2 Å². The quantitative estimate of drug-likeness (QED) is 0.367. The van der Waals surface area contributed by atoms with Gasteiger partial charge in [0.2, 0.25) is 18.5 Å². The van der Waals surface area contributed by atoms with E-state index in [-0.39, 0.29) is 17.9 Å². The molecule has 2 aliphatic rings. The van der Waals surface area contributed by atoms with E-state index in [1.54, 1.807) is 19.2 Å². The second-order valence-electron chi connectivity index (χ2n) is 7.16. The van der Waals surface area contributed by atoms with Crippen molar-refractivity contribution in [1.29, 1.82) is 0 Å². The minimum absolute atomic E-state index is 0.00662. The van der Waals surface area contributed by atoms with E-state index >= 15 is 0 Å². The highest BCUT2D eigenvalue weighted by Gasteiger charge is 2.36. The molecule has 0 aliphatic carbocycles. The fraction of sp³-hybridized carbons (Fsp3) is 0.316. The predicted octanol–water partition coefficient (Wildman–Crippen LogP) is -0.432. The Hall–Kier alpha value is -3.18. The van der Waals surface area contributed by atoms with Gasteiger partial charge in [0, 0.05) is 12.1 Å². The molecule has 11 heteroatoms. The summed E-state index contributed by atoms with van der Waals surface area (Å²) in [5, 5.41) is 3.48. The number of nitrogens with zero attached hydrogens (tertiary/aromatic N) is 1. The maximum Gasteiger partial charge on any atom is 0.285 e. The highest BCUT2D eigenvalue weighted by molar-refractivity contribution is 7.90. The molecule has 30 heavy (non-hydrogen) atoms. The molecule has 2 atom stereocenters. The first kappa shape index (κ1) is 20.1.